The zero-order valence-corrected chi connectivity index (χ0v) is 85.3. The fourth-order valence-corrected chi connectivity index (χ4v) is 18.0. The van der Waals surface area contributed by atoms with Gasteiger partial charge >= 0.3 is 0 Å². The lowest BCUT2D eigenvalue weighted by Crippen LogP contribution is -2.12. The lowest BCUT2D eigenvalue weighted by molar-refractivity contribution is 0.0963. The molecule has 15 aromatic carbocycles. The summed E-state index contributed by atoms with van der Waals surface area (Å²) in [5.41, 5.74) is 78.6. The molecule has 21 aromatic rings. The SMILES string of the molecule is Cc1ccc2[nH]ccc2c1.Cc1ccc2c(N)noc2c1.Cc1ccc2c(N)nsc2c1.Cc1ccc2c(c1)C(=O)NC2.Cc1ccc2c(c1)C(N)=NC2.Cc1ccc2c(c1)CCN2.Cc1ccc2c(c1)CN=C2N.Cc1ccc2c(c1)NCC2.Cc1ccc2cc[nH]c2c1.Cc1ccc2ccc(C(N)=O)cc2c1.Cc1ccc2ccc(CN)cc2c1.Cc1ccc2onc(N)c2c1.Cc1ccc2snc(N)c2c1. The van der Waals surface area contributed by atoms with Gasteiger partial charge in [0, 0.05) is 94.0 Å². The molecule has 21 N–H and O–H groups in total. The molecule has 0 unspecified atom stereocenters. The van der Waals surface area contributed by atoms with Gasteiger partial charge in [0.2, 0.25) is 5.91 Å². The van der Waals surface area contributed by atoms with E-state index in [1.54, 1.807) is 6.07 Å². The predicted molar refractivity (Wildman–Crippen MR) is 604 cm³/mol. The molecule has 2 amide bonds. The quantitative estimate of drug-likeness (QED) is 0.0764. The smallest absolute Gasteiger partial charge is 0.251 e. The molecule has 5 aliphatic heterocycles. The number of nitrogens with one attached hydrogen (secondary N) is 5. The van der Waals surface area contributed by atoms with E-state index in [0.29, 0.717) is 53.6 Å². The molecule has 23 nitrogen and oxygen atoms in total. The number of rotatable bonds is 2. The topological polar surface area (TPSA) is 413 Å². The summed E-state index contributed by atoms with van der Waals surface area (Å²) in [5, 5.41) is 28.0. The van der Waals surface area contributed by atoms with Crippen molar-refractivity contribution >= 4 is 167 Å². The molecule has 0 spiro atoms. The number of anilines is 6. The number of aliphatic imine (C=N–C) groups is 2. The fraction of sp³-hybridized carbons (Fsp3) is 0.176. The summed E-state index contributed by atoms with van der Waals surface area (Å²) in [5.74, 6) is 3.25. The Morgan fingerprint density at radius 1 is 0.333 bits per heavy atom. The van der Waals surface area contributed by atoms with Gasteiger partial charge in [0.05, 0.1) is 33.3 Å². The molecule has 0 aliphatic carbocycles. The van der Waals surface area contributed by atoms with E-state index in [-0.39, 0.29) is 11.8 Å². The lowest BCUT2D eigenvalue weighted by atomic mass is 10.0. The van der Waals surface area contributed by atoms with Crippen LogP contribution in [0.25, 0.3) is 85.5 Å². The van der Waals surface area contributed by atoms with Crippen LogP contribution in [0.5, 0.6) is 0 Å². The molecule has 11 heterocycles. The van der Waals surface area contributed by atoms with Crippen LogP contribution in [0.1, 0.15) is 138 Å². The van der Waals surface area contributed by atoms with E-state index >= 15 is 0 Å². The van der Waals surface area contributed by atoms with E-state index in [1.807, 2.05) is 143 Å². The standard InChI is InChI=1S/C12H11NO.C12H13N.2C9H10N2.C9H9NO.C9H11N.C9H9N.C9H11N.C9H9N.2C8H8N2O.2C8H8N2S/c1-8-2-3-9-4-5-10(12(13)14)7-11(9)6-8;1-9-2-4-11-5-3-10(8-13)7-12(11)6-9;1-6-2-3-8-7(4-6)5-11-9(8)10;1-6-2-3-7-5-11-9(10)8(7)4-6;1-6-2-3-7-5-10-9(11)8(7)4-6;2*1-7-2-3-9-8(6-7)4-5-10-9;2*1-7-2-3-8-4-5-10-9(8)6-7;1-5-2-3-7-6(4-5)8(9)10-11-7;1-5-2-3-6-7(4-5)11-10-8(6)9;1-5-2-3-7-6(4-5)8(9)10-11-7;1-5-2-3-6-7(4-5)11-10-8(6)9/h2-7H,1H3,(H2,13,14);2-7H,8,13H2,1H3;2*2-4H,5H2,1H3,(H2,10,11);2-4H,5H2,1H3,(H,10,11);2-3,6,10H,4-5H2,1H3;2-6,10H,1H3;2-3,6,10H,4-5H2,1H3;2-6,10H,1H3;4*2-4H,1H3,(H2,9,10). The van der Waals surface area contributed by atoms with Gasteiger partial charge in [-0.05, 0) is 335 Å². The summed E-state index contributed by atoms with van der Waals surface area (Å²) >= 11 is 2.90. The minimum absolute atomic E-state index is 0.0590. The third-order valence-electron chi connectivity index (χ3n) is 24.4. The Morgan fingerprint density at radius 2 is 0.806 bits per heavy atom. The molecule has 0 saturated carbocycles. The van der Waals surface area contributed by atoms with Crippen molar-refractivity contribution in [3.63, 3.8) is 0 Å². The third-order valence-corrected chi connectivity index (χ3v) is 26.1. The summed E-state index contributed by atoms with van der Waals surface area (Å²) in [7, 11) is 0. The Morgan fingerprint density at radius 3 is 1.51 bits per heavy atom. The van der Waals surface area contributed by atoms with Crippen LogP contribution in [0.3, 0.4) is 0 Å². The van der Waals surface area contributed by atoms with Crippen molar-refractivity contribution in [3.05, 3.63) is 425 Å². The molecule has 0 bridgehead atoms. The molecule has 6 aromatic heterocycles. The molecule has 25 heteroatoms. The average Bonchev–Trinajstić information content (AvgIpc) is 1.57. The first kappa shape index (κ1) is 103. The predicted octanol–water partition coefficient (Wildman–Crippen LogP) is 25.2. The van der Waals surface area contributed by atoms with Gasteiger partial charge in [0.15, 0.2) is 22.8 Å². The number of carbonyl (C=O) groups excluding carboxylic acids is 2. The van der Waals surface area contributed by atoms with E-state index in [0.717, 1.165) is 113 Å². The fourth-order valence-electron chi connectivity index (χ4n) is 16.5. The highest BCUT2D eigenvalue weighted by atomic mass is 32.1. The van der Waals surface area contributed by atoms with Crippen molar-refractivity contribution in [1.82, 2.24) is 34.3 Å². The molecule has 0 atom stereocenters. The molecule has 144 heavy (non-hydrogen) atoms. The molecule has 0 fully saturated rings. The number of nitrogens with two attached hydrogens (primary N) is 8. The van der Waals surface area contributed by atoms with Gasteiger partial charge < -0.3 is 80.8 Å². The maximum Gasteiger partial charge on any atom is 0.251 e. The van der Waals surface area contributed by atoms with Gasteiger partial charge in [-0.2, -0.15) is 8.75 Å². The number of hydrogen-bond acceptors (Lipinski definition) is 21. The van der Waals surface area contributed by atoms with E-state index in [2.05, 4.69) is 293 Å². The normalized spacial score (nSPS) is 12.0. The lowest BCUT2D eigenvalue weighted by Gasteiger charge is -2.01. The average molecular weight is 1950 g/mol. The number of H-pyrrole nitrogens is 2. The number of fused-ring (bicyclic) bond motifs is 13. The maximum atomic E-state index is 11.1. The molecular weight excluding hydrogens is 1820 g/mol. The van der Waals surface area contributed by atoms with Crippen LogP contribution in [-0.4, -0.2) is 65.6 Å². The van der Waals surface area contributed by atoms with Gasteiger partial charge in [0.1, 0.15) is 23.3 Å². The first-order valence-corrected chi connectivity index (χ1v) is 49.2. The number of benzene rings is 15. The van der Waals surface area contributed by atoms with Crippen LogP contribution >= 0.6 is 23.1 Å². The Bertz CT molecular complexity index is 7890. The van der Waals surface area contributed by atoms with Crippen LogP contribution in [0.2, 0.25) is 0 Å². The van der Waals surface area contributed by atoms with E-state index in [9.17, 15) is 9.59 Å². The highest BCUT2D eigenvalue weighted by molar-refractivity contribution is 7.14. The number of primary amides is 1. The second-order valence-corrected chi connectivity index (χ2v) is 38.1. The number of carbonyl (C=O) groups is 2. The van der Waals surface area contributed by atoms with Gasteiger partial charge in [-0.25, -0.2) is 0 Å². The van der Waals surface area contributed by atoms with Gasteiger partial charge in [-0.15, -0.1) is 0 Å². The number of nitrogens with zero attached hydrogens (tertiary/aromatic N) is 6. The van der Waals surface area contributed by atoms with Gasteiger partial charge in [-0.1, -0.05) is 224 Å². The first-order valence-electron chi connectivity index (χ1n) is 47.7. The van der Waals surface area contributed by atoms with Crippen molar-refractivity contribution in [2.75, 3.05) is 46.7 Å². The Balaban J connectivity index is 0.000000124. The minimum Gasteiger partial charge on any atom is -0.384 e. The highest BCUT2D eigenvalue weighted by Crippen LogP contribution is 2.31. The van der Waals surface area contributed by atoms with Crippen molar-refractivity contribution < 1.29 is 18.6 Å². The summed E-state index contributed by atoms with van der Waals surface area (Å²) in [4.78, 5) is 36.6. The molecule has 0 radical (unpaired) electrons. The summed E-state index contributed by atoms with van der Waals surface area (Å²) < 4.78 is 20.3. The second-order valence-electron chi connectivity index (χ2n) is 36.5. The van der Waals surface area contributed by atoms with Crippen molar-refractivity contribution in [2.24, 2.45) is 32.9 Å². The summed E-state index contributed by atoms with van der Waals surface area (Å²) in [6, 6.07) is 97.0. The zero-order chi connectivity index (χ0) is 102. The van der Waals surface area contributed by atoms with Crippen LogP contribution in [0.15, 0.2) is 317 Å². The van der Waals surface area contributed by atoms with Crippen LogP contribution in [0.4, 0.5) is 34.6 Å². The number of amidine groups is 2. The van der Waals surface area contributed by atoms with Crippen LogP contribution < -0.4 is 61.8 Å². The second kappa shape index (κ2) is 48.4. The van der Waals surface area contributed by atoms with E-state index in [4.69, 9.17) is 54.9 Å². The van der Waals surface area contributed by atoms with Gasteiger partial charge in [0.25, 0.3) is 5.91 Å². The molecule has 5 aliphatic rings. The van der Waals surface area contributed by atoms with Crippen LogP contribution in [0, 0.1) is 90.0 Å². The highest BCUT2D eigenvalue weighted by Gasteiger charge is 2.19. The first-order chi connectivity index (χ1) is 69.3. The molecular formula is C119H125N19O4S2. The largest absolute Gasteiger partial charge is 0.384 e. The van der Waals surface area contributed by atoms with Gasteiger partial charge in [-0.3, -0.25) is 19.6 Å². The number of aromatic nitrogens is 6. The number of aryl methyl sites for hydroxylation is 13. The summed E-state index contributed by atoms with van der Waals surface area (Å²) in [6.07, 6.45) is 6.31. The molecule has 0 saturated heterocycles. The van der Waals surface area contributed by atoms with E-state index in [1.165, 1.54) is 168 Å². The Labute approximate surface area is 848 Å². The number of amides is 2. The monoisotopic (exact) mass is 1950 g/mol. The van der Waals surface area contributed by atoms with Crippen molar-refractivity contribution in [3.8, 4) is 0 Å². The molecule has 26 rings (SSSR count). The van der Waals surface area contributed by atoms with Crippen molar-refractivity contribution in [2.45, 2.75) is 129 Å². The zero-order valence-electron chi connectivity index (χ0n) is 83.7. The Kier molecular flexibility index (Phi) is 34.7. The van der Waals surface area contributed by atoms with E-state index < -0.39 is 0 Å². The number of hydrogen-bond donors (Lipinski definition) is 13. The number of nitrogen functional groups attached to an aromatic ring is 4. The van der Waals surface area contributed by atoms with Crippen molar-refractivity contribution in [1.29, 1.82) is 0 Å². The minimum atomic E-state index is -0.381. The third kappa shape index (κ3) is 27.9. The Hall–Kier alpha value is -16.7. The number of aromatic amines is 2. The molecule has 732 valence electrons. The summed E-state index contributed by atoms with van der Waals surface area (Å²) in [6.45, 7) is 31.9. The maximum absolute atomic E-state index is 11.1. The van der Waals surface area contributed by atoms with Crippen LogP contribution in [-0.2, 0) is 39.0 Å².